The number of hydrogen-bond acceptors (Lipinski definition) is 2. The average Bonchev–Trinajstić information content (AvgIpc) is 2.36. The molecule has 0 radical (unpaired) electrons. The lowest BCUT2D eigenvalue weighted by Crippen LogP contribution is -2.49. The third kappa shape index (κ3) is 3.48. The Balaban J connectivity index is 1.90. The summed E-state index contributed by atoms with van der Waals surface area (Å²) in [6.45, 7) is 7.15. The third-order valence-electron chi connectivity index (χ3n) is 5.52. The molecule has 2 rings (SSSR count). The van der Waals surface area contributed by atoms with Crippen LogP contribution in [-0.2, 0) is 0 Å². The fraction of sp³-hybridized carbons (Fsp3) is 1.00. The second-order valence-electron chi connectivity index (χ2n) is 6.83. The number of nitrogens with zero attached hydrogens (tertiary/aromatic N) is 1. The van der Waals surface area contributed by atoms with Gasteiger partial charge in [-0.25, -0.2) is 0 Å². The summed E-state index contributed by atoms with van der Waals surface area (Å²) in [7, 11) is 0. The molecule has 2 atom stereocenters. The first-order valence-corrected chi connectivity index (χ1v) is 8.07. The molecule has 2 unspecified atom stereocenters. The van der Waals surface area contributed by atoms with Crippen LogP contribution in [0.1, 0.15) is 71.6 Å². The van der Waals surface area contributed by atoms with Crippen LogP contribution >= 0.6 is 0 Å². The summed E-state index contributed by atoms with van der Waals surface area (Å²) in [6.07, 6.45) is 11.3. The van der Waals surface area contributed by atoms with Crippen LogP contribution in [0.5, 0.6) is 0 Å². The van der Waals surface area contributed by atoms with E-state index < -0.39 is 0 Å². The van der Waals surface area contributed by atoms with Crippen LogP contribution in [0, 0.1) is 5.41 Å². The summed E-state index contributed by atoms with van der Waals surface area (Å²) in [5.74, 6) is 0. The van der Waals surface area contributed by atoms with Gasteiger partial charge in [0.25, 0.3) is 0 Å². The van der Waals surface area contributed by atoms with Gasteiger partial charge in [-0.15, -0.1) is 0 Å². The van der Waals surface area contributed by atoms with Crippen LogP contribution < -0.4 is 0 Å². The molecule has 0 aromatic rings. The maximum Gasteiger partial charge on any atom is 0.0695 e. The molecule has 2 nitrogen and oxygen atoms in total. The van der Waals surface area contributed by atoms with Crippen molar-refractivity contribution in [3.8, 4) is 0 Å². The quantitative estimate of drug-likeness (QED) is 0.813. The van der Waals surface area contributed by atoms with Gasteiger partial charge >= 0.3 is 0 Å². The van der Waals surface area contributed by atoms with Crippen molar-refractivity contribution in [3.63, 3.8) is 0 Å². The molecule has 1 N–H and O–H groups in total. The number of rotatable bonds is 2. The normalized spacial score (nSPS) is 34.8. The molecule has 2 fully saturated rings. The summed E-state index contributed by atoms with van der Waals surface area (Å²) in [6, 6.07) is 0.451. The smallest absolute Gasteiger partial charge is 0.0695 e. The standard InChI is InChI=1S/C16H31NO/c1-3-16(2)10-12-17(13-11-16)14-8-6-4-5-7-9-15(14)18/h14-15,18H,3-13H2,1-2H3. The van der Waals surface area contributed by atoms with Gasteiger partial charge in [-0.05, 0) is 44.2 Å². The van der Waals surface area contributed by atoms with Crippen LogP contribution in [0.3, 0.4) is 0 Å². The lowest BCUT2D eigenvalue weighted by Gasteiger charge is -2.44. The van der Waals surface area contributed by atoms with Crippen molar-refractivity contribution in [2.45, 2.75) is 83.8 Å². The van der Waals surface area contributed by atoms with Gasteiger partial charge in [-0.3, -0.25) is 4.90 Å². The van der Waals surface area contributed by atoms with Crippen LogP contribution in [0.2, 0.25) is 0 Å². The van der Waals surface area contributed by atoms with Gasteiger partial charge in [0, 0.05) is 6.04 Å². The molecular weight excluding hydrogens is 222 g/mol. The number of aliphatic hydroxyl groups is 1. The monoisotopic (exact) mass is 253 g/mol. The van der Waals surface area contributed by atoms with E-state index in [0.717, 1.165) is 6.42 Å². The van der Waals surface area contributed by atoms with Gasteiger partial charge in [0.15, 0.2) is 0 Å². The molecule has 1 saturated heterocycles. The summed E-state index contributed by atoms with van der Waals surface area (Å²) in [5, 5.41) is 10.4. The Morgan fingerprint density at radius 1 is 1.06 bits per heavy atom. The molecule has 18 heavy (non-hydrogen) atoms. The third-order valence-corrected chi connectivity index (χ3v) is 5.52. The fourth-order valence-corrected chi connectivity index (χ4v) is 3.62. The van der Waals surface area contributed by atoms with E-state index in [9.17, 15) is 5.11 Å². The first-order chi connectivity index (χ1) is 8.64. The average molecular weight is 253 g/mol. The lowest BCUT2D eigenvalue weighted by atomic mass is 9.77. The molecule has 0 spiro atoms. The fourth-order valence-electron chi connectivity index (χ4n) is 3.62. The van der Waals surface area contributed by atoms with E-state index in [2.05, 4.69) is 18.7 Å². The number of hydrogen-bond donors (Lipinski definition) is 1. The Hall–Kier alpha value is -0.0800. The van der Waals surface area contributed by atoms with Gasteiger partial charge in [-0.2, -0.15) is 0 Å². The summed E-state index contributed by atoms with van der Waals surface area (Å²) in [5.41, 5.74) is 0.559. The summed E-state index contributed by atoms with van der Waals surface area (Å²) < 4.78 is 0. The largest absolute Gasteiger partial charge is 0.391 e. The summed E-state index contributed by atoms with van der Waals surface area (Å²) in [4.78, 5) is 2.59. The van der Waals surface area contributed by atoms with Gasteiger partial charge < -0.3 is 5.11 Å². The highest BCUT2D eigenvalue weighted by molar-refractivity contribution is 4.87. The Morgan fingerprint density at radius 3 is 2.28 bits per heavy atom. The van der Waals surface area contributed by atoms with Crippen LogP contribution in [0.4, 0.5) is 0 Å². The van der Waals surface area contributed by atoms with Crippen LogP contribution in [0.15, 0.2) is 0 Å². The zero-order valence-corrected chi connectivity index (χ0v) is 12.3. The van der Waals surface area contributed by atoms with Crippen molar-refractivity contribution >= 4 is 0 Å². The SMILES string of the molecule is CCC1(C)CCN(C2CCCCCCC2O)CC1. The molecule has 1 aliphatic heterocycles. The van der Waals surface area contributed by atoms with Crippen molar-refractivity contribution < 1.29 is 5.11 Å². The Morgan fingerprint density at radius 2 is 1.67 bits per heavy atom. The second-order valence-corrected chi connectivity index (χ2v) is 6.83. The molecule has 0 aromatic heterocycles. The molecular formula is C16H31NO. The molecule has 0 bridgehead atoms. The zero-order chi connectivity index (χ0) is 13.0. The predicted molar refractivity (Wildman–Crippen MR) is 76.7 cm³/mol. The van der Waals surface area contributed by atoms with Gasteiger partial charge in [-0.1, -0.05) is 46.0 Å². The molecule has 2 heteroatoms. The number of aliphatic hydroxyl groups excluding tert-OH is 1. The highest BCUT2D eigenvalue weighted by atomic mass is 16.3. The molecule has 1 saturated carbocycles. The molecule has 0 amide bonds. The number of likely N-dealkylation sites (tertiary alicyclic amines) is 1. The lowest BCUT2D eigenvalue weighted by molar-refractivity contribution is -0.000951. The van der Waals surface area contributed by atoms with E-state index in [1.165, 1.54) is 64.5 Å². The maximum atomic E-state index is 10.4. The Bertz CT molecular complexity index is 245. The highest BCUT2D eigenvalue weighted by Gasteiger charge is 2.33. The minimum atomic E-state index is -0.0729. The van der Waals surface area contributed by atoms with E-state index in [0.29, 0.717) is 11.5 Å². The first-order valence-electron chi connectivity index (χ1n) is 8.07. The van der Waals surface area contributed by atoms with Crippen molar-refractivity contribution in [2.75, 3.05) is 13.1 Å². The second kappa shape index (κ2) is 6.38. The van der Waals surface area contributed by atoms with E-state index in [1.54, 1.807) is 0 Å². The van der Waals surface area contributed by atoms with Crippen molar-refractivity contribution in [2.24, 2.45) is 5.41 Å². The molecule has 0 aromatic carbocycles. The van der Waals surface area contributed by atoms with E-state index >= 15 is 0 Å². The van der Waals surface area contributed by atoms with Gasteiger partial charge in [0.05, 0.1) is 6.10 Å². The van der Waals surface area contributed by atoms with E-state index in [1.807, 2.05) is 0 Å². The molecule has 1 aliphatic carbocycles. The summed E-state index contributed by atoms with van der Waals surface area (Å²) >= 11 is 0. The number of piperidine rings is 1. The van der Waals surface area contributed by atoms with Crippen molar-refractivity contribution in [3.05, 3.63) is 0 Å². The van der Waals surface area contributed by atoms with Crippen LogP contribution in [-0.4, -0.2) is 35.2 Å². The molecule has 1 heterocycles. The van der Waals surface area contributed by atoms with Crippen molar-refractivity contribution in [1.29, 1.82) is 0 Å². The van der Waals surface area contributed by atoms with E-state index in [-0.39, 0.29) is 6.10 Å². The zero-order valence-electron chi connectivity index (χ0n) is 12.3. The van der Waals surface area contributed by atoms with E-state index in [4.69, 9.17) is 0 Å². The molecule has 2 aliphatic rings. The highest BCUT2D eigenvalue weighted by Crippen LogP contribution is 2.36. The van der Waals surface area contributed by atoms with Crippen molar-refractivity contribution in [1.82, 2.24) is 4.90 Å². The molecule has 106 valence electrons. The first kappa shape index (κ1) is 14.3. The van der Waals surface area contributed by atoms with Crippen LogP contribution in [0.25, 0.3) is 0 Å². The minimum absolute atomic E-state index is 0.0729. The minimum Gasteiger partial charge on any atom is -0.391 e. The Kier molecular flexibility index (Phi) is 5.08. The maximum absolute atomic E-state index is 10.4. The van der Waals surface area contributed by atoms with Gasteiger partial charge in [0.2, 0.25) is 0 Å². The topological polar surface area (TPSA) is 23.5 Å². The van der Waals surface area contributed by atoms with Gasteiger partial charge in [0.1, 0.15) is 0 Å². The Labute approximate surface area is 113 Å². The predicted octanol–water partition coefficient (Wildman–Crippen LogP) is 3.58.